The Morgan fingerprint density at radius 3 is 2.43 bits per heavy atom. The van der Waals surface area contributed by atoms with Gasteiger partial charge in [0.15, 0.2) is 0 Å². The van der Waals surface area contributed by atoms with Crippen LogP contribution in [0.2, 0.25) is 0 Å². The second kappa shape index (κ2) is 14.3. The molecule has 0 heterocycles. The van der Waals surface area contributed by atoms with E-state index in [9.17, 15) is 4.79 Å². The zero-order valence-electron chi connectivity index (χ0n) is 12.5. The molecule has 0 rings (SSSR count). The molecular weight excluding hydrogens is 264 g/mol. The predicted molar refractivity (Wildman–Crippen MR) is 84.1 cm³/mol. The molecule has 0 bridgehead atoms. The van der Waals surface area contributed by atoms with Crippen molar-refractivity contribution in [3.63, 3.8) is 0 Å². The summed E-state index contributed by atoms with van der Waals surface area (Å²) in [7, 11) is 0. The van der Waals surface area contributed by atoms with E-state index >= 15 is 0 Å². The quantitative estimate of drug-likeness (QED) is 0.533. The van der Waals surface area contributed by atoms with Gasteiger partial charge in [-0.3, -0.25) is 4.79 Å². The zero-order valence-corrected chi connectivity index (χ0v) is 12.5. The fraction of sp³-hybridized carbons (Fsp3) is 0.500. The zero-order chi connectivity index (χ0) is 15.8. The first-order chi connectivity index (χ1) is 10.1. The predicted octanol–water partition coefficient (Wildman–Crippen LogP) is 2.75. The maximum Gasteiger partial charge on any atom is 0.303 e. The highest BCUT2D eigenvalue weighted by atomic mass is 16.4. The fourth-order valence-corrected chi connectivity index (χ4v) is 1.45. The van der Waals surface area contributed by atoms with Gasteiger partial charge in [0, 0.05) is 12.8 Å². The van der Waals surface area contributed by atoms with E-state index in [2.05, 4.69) is 35.5 Å². The monoisotopic (exact) mass is 286 g/mol. The van der Waals surface area contributed by atoms with Gasteiger partial charge in [0.05, 0.1) is 6.10 Å². The van der Waals surface area contributed by atoms with E-state index in [0.717, 1.165) is 38.5 Å². The average molecular weight is 286 g/mol. The molecule has 0 aromatic heterocycles. The minimum atomic E-state index is -0.719. The molecule has 0 aliphatic heterocycles. The van der Waals surface area contributed by atoms with Gasteiger partial charge in [-0.1, -0.05) is 31.1 Å². The van der Waals surface area contributed by atoms with Crippen LogP contribution < -0.4 is 0 Å². The molecule has 0 saturated heterocycles. The van der Waals surface area contributed by atoms with Crippen LogP contribution in [0.3, 0.4) is 0 Å². The van der Waals surface area contributed by atoms with Crippen LogP contribution in [0.25, 0.3) is 0 Å². The van der Waals surface area contributed by atoms with Crippen molar-refractivity contribution in [1.29, 1.82) is 0 Å². The van der Waals surface area contributed by atoms with Gasteiger partial charge in [-0.2, -0.15) is 0 Å². The highest BCUT2D eigenvalue weighted by Crippen LogP contribution is 2.06. The molecule has 3 heteroatoms. The molecule has 0 amide bonds. The minimum absolute atomic E-state index is 0.267. The lowest BCUT2D eigenvalue weighted by Crippen LogP contribution is -1.93. The summed E-state index contributed by atoms with van der Waals surface area (Å²) < 4.78 is 0. The summed E-state index contributed by atoms with van der Waals surface area (Å²) in [5.41, 5.74) is 0. The number of unbranched alkanes of at least 4 members (excludes halogenated alkanes) is 5. The highest BCUT2D eigenvalue weighted by molar-refractivity contribution is 5.66. The largest absolute Gasteiger partial charge is 0.481 e. The van der Waals surface area contributed by atoms with Gasteiger partial charge < -0.3 is 10.2 Å². The van der Waals surface area contributed by atoms with Crippen LogP contribution >= 0.6 is 0 Å². The van der Waals surface area contributed by atoms with Crippen molar-refractivity contribution in [1.82, 2.24) is 0 Å². The lowest BCUT2D eigenvalue weighted by atomic mass is 10.1. The van der Waals surface area contributed by atoms with E-state index in [-0.39, 0.29) is 6.42 Å². The van der Waals surface area contributed by atoms with Gasteiger partial charge in [0.25, 0.3) is 0 Å². The number of carboxylic acid groups (broad SMARTS) is 1. The molecule has 0 aromatic rings. The van der Waals surface area contributed by atoms with Crippen LogP contribution in [0.5, 0.6) is 0 Å². The summed E-state index contributed by atoms with van der Waals surface area (Å²) in [6, 6.07) is 0. The number of aliphatic carboxylic acids is 1. The van der Waals surface area contributed by atoms with Crippen LogP contribution in [0.1, 0.15) is 51.9 Å². The highest BCUT2D eigenvalue weighted by Gasteiger charge is 1.95. The summed E-state index contributed by atoms with van der Waals surface area (Å²) in [4.78, 5) is 10.3. The summed E-state index contributed by atoms with van der Waals surface area (Å²) in [6.07, 6.45) is 8.61. The van der Waals surface area contributed by atoms with Gasteiger partial charge in [0.2, 0.25) is 0 Å². The molecule has 0 unspecified atom stereocenters. The third kappa shape index (κ3) is 17.9. The van der Waals surface area contributed by atoms with Crippen LogP contribution in [0.15, 0.2) is 12.2 Å². The second-order valence-electron chi connectivity index (χ2n) is 4.58. The van der Waals surface area contributed by atoms with Gasteiger partial charge in [-0.25, -0.2) is 0 Å². The molecule has 2 N–H and O–H groups in total. The van der Waals surface area contributed by atoms with Crippen LogP contribution in [0, 0.1) is 35.5 Å². The van der Waals surface area contributed by atoms with Crippen molar-refractivity contribution in [3.05, 3.63) is 12.2 Å². The summed E-state index contributed by atoms with van der Waals surface area (Å²) in [5, 5.41) is 17.4. The normalized spacial score (nSPS) is 10.6. The van der Waals surface area contributed by atoms with Crippen molar-refractivity contribution >= 4 is 5.97 Å². The number of allylic oxidation sites excluding steroid dienone is 1. The number of carboxylic acids is 1. The Morgan fingerprint density at radius 2 is 1.71 bits per heavy atom. The SMILES string of the molecule is C[C@H](O)/C=C/C#CC#CC#CCCCCCCCC(=O)O. The molecule has 3 nitrogen and oxygen atoms in total. The Morgan fingerprint density at radius 1 is 1.05 bits per heavy atom. The average Bonchev–Trinajstić information content (AvgIpc) is 2.42. The number of hydrogen-bond acceptors (Lipinski definition) is 2. The second-order valence-corrected chi connectivity index (χ2v) is 4.58. The Labute approximate surface area is 127 Å². The first-order valence-corrected chi connectivity index (χ1v) is 7.18. The summed E-state index contributed by atoms with van der Waals surface area (Å²) in [6.45, 7) is 1.65. The fourth-order valence-electron chi connectivity index (χ4n) is 1.45. The number of carbonyl (C=O) groups is 1. The van der Waals surface area contributed by atoms with Gasteiger partial charge in [-0.05, 0) is 55.6 Å². The lowest BCUT2D eigenvalue weighted by molar-refractivity contribution is -0.137. The molecule has 0 aromatic carbocycles. The molecule has 0 radical (unpaired) electrons. The molecule has 21 heavy (non-hydrogen) atoms. The maximum absolute atomic E-state index is 10.3. The van der Waals surface area contributed by atoms with Gasteiger partial charge >= 0.3 is 5.97 Å². The van der Waals surface area contributed by atoms with Crippen molar-refractivity contribution in [2.75, 3.05) is 0 Å². The van der Waals surface area contributed by atoms with E-state index < -0.39 is 12.1 Å². The van der Waals surface area contributed by atoms with Crippen LogP contribution in [-0.4, -0.2) is 22.3 Å². The Bertz CT molecular complexity index is 496. The molecular formula is C18H22O3. The molecule has 0 saturated carbocycles. The van der Waals surface area contributed by atoms with Gasteiger partial charge in [0.1, 0.15) is 0 Å². The number of aliphatic hydroxyl groups is 1. The molecule has 0 aliphatic carbocycles. The third-order valence-electron chi connectivity index (χ3n) is 2.50. The third-order valence-corrected chi connectivity index (χ3v) is 2.50. The van der Waals surface area contributed by atoms with Gasteiger partial charge in [-0.15, -0.1) is 0 Å². The number of hydrogen-bond donors (Lipinski definition) is 2. The molecule has 0 fully saturated rings. The first kappa shape index (κ1) is 18.9. The van der Waals surface area contributed by atoms with E-state index in [1.54, 1.807) is 19.1 Å². The molecule has 112 valence electrons. The molecule has 1 atom stereocenters. The lowest BCUT2D eigenvalue weighted by Gasteiger charge is -1.96. The summed E-state index contributed by atoms with van der Waals surface area (Å²) in [5.74, 6) is 15.5. The Hall–Kier alpha value is -2.15. The molecule has 0 spiro atoms. The number of aliphatic hydroxyl groups excluding tert-OH is 1. The Balaban J connectivity index is 3.56. The smallest absolute Gasteiger partial charge is 0.303 e. The van der Waals surface area contributed by atoms with Crippen molar-refractivity contribution in [2.45, 2.75) is 58.0 Å². The van der Waals surface area contributed by atoms with Crippen molar-refractivity contribution in [2.24, 2.45) is 0 Å². The minimum Gasteiger partial charge on any atom is -0.481 e. The van der Waals surface area contributed by atoms with E-state index in [4.69, 9.17) is 10.2 Å². The van der Waals surface area contributed by atoms with Crippen LogP contribution in [-0.2, 0) is 4.79 Å². The van der Waals surface area contributed by atoms with E-state index in [1.807, 2.05) is 0 Å². The van der Waals surface area contributed by atoms with Crippen molar-refractivity contribution in [3.8, 4) is 35.5 Å². The Kier molecular flexibility index (Phi) is 12.8. The van der Waals surface area contributed by atoms with E-state index in [0.29, 0.717) is 0 Å². The number of rotatable bonds is 8. The molecule has 0 aliphatic rings. The topological polar surface area (TPSA) is 57.5 Å². The standard InChI is InChI=1S/C18H22O3/c1-17(19)15-13-11-9-7-5-3-2-4-6-8-10-12-14-16-18(20)21/h13,15,17,19H,4,6,8,10,12,14,16H2,1H3,(H,20,21)/b15-13+/t17-/m0/s1. The van der Waals surface area contributed by atoms with Crippen LogP contribution in [0.4, 0.5) is 0 Å². The maximum atomic E-state index is 10.3. The van der Waals surface area contributed by atoms with E-state index in [1.165, 1.54) is 0 Å². The van der Waals surface area contributed by atoms with Crippen molar-refractivity contribution < 1.29 is 15.0 Å². The summed E-state index contributed by atoms with van der Waals surface area (Å²) >= 11 is 0. The first-order valence-electron chi connectivity index (χ1n) is 7.18.